The molecule has 0 bridgehead atoms. The maximum Gasteiger partial charge on any atom is 0.417 e. The minimum Gasteiger partial charge on any atom is -0.443 e. The first-order chi connectivity index (χ1) is 7.91. The fourth-order valence-corrected chi connectivity index (χ4v) is 2.65. The van der Waals surface area contributed by atoms with Crippen molar-refractivity contribution >= 4 is 38.4 Å². The van der Waals surface area contributed by atoms with E-state index in [1.807, 2.05) is 0 Å². The third-order valence-electron chi connectivity index (χ3n) is 2.23. The molecule has 1 fully saturated rings. The molecule has 8 heteroatoms. The zero-order chi connectivity index (χ0) is 12.6. The van der Waals surface area contributed by atoms with Crippen molar-refractivity contribution in [2.45, 2.75) is 12.3 Å². The van der Waals surface area contributed by atoms with Gasteiger partial charge in [-0.2, -0.15) is 13.2 Å². The monoisotopic (exact) mass is 329 g/mol. The molecule has 0 N–H and O–H groups in total. The summed E-state index contributed by atoms with van der Waals surface area (Å²) < 4.78 is 42.1. The Kier molecular flexibility index (Phi) is 3.35. The van der Waals surface area contributed by atoms with E-state index in [9.17, 15) is 18.0 Å². The number of thiophene rings is 1. The van der Waals surface area contributed by atoms with Crippen LogP contribution in [0.1, 0.15) is 5.56 Å². The molecule has 0 aromatic carbocycles. The fraction of sp³-hybridized carbons (Fsp3) is 0.444. The maximum absolute atomic E-state index is 12.4. The van der Waals surface area contributed by atoms with Crippen molar-refractivity contribution in [2.75, 3.05) is 16.8 Å². The predicted molar refractivity (Wildman–Crippen MR) is 60.7 cm³/mol. The molecule has 1 aliphatic rings. The van der Waals surface area contributed by atoms with Crippen LogP contribution in [0.2, 0.25) is 0 Å². The van der Waals surface area contributed by atoms with E-state index in [-0.39, 0.29) is 17.6 Å². The smallest absolute Gasteiger partial charge is 0.417 e. The number of carbonyl (C=O) groups is 1. The highest BCUT2D eigenvalue weighted by Gasteiger charge is 2.36. The van der Waals surface area contributed by atoms with Crippen LogP contribution in [-0.4, -0.2) is 24.1 Å². The van der Waals surface area contributed by atoms with E-state index in [1.54, 1.807) is 0 Å². The Morgan fingerprint density at radius 2 is 2.29 bits per heavy atom. The number of cyclic esters (lactones) is 1. The summed E-state index contributed by atoms with van der Waals surface area (Å²) in [6.07, 6.45) is -5.31. The lowest BCUT2D eigenvalue weighted by molar-refractivity contribution is -0.137. The molecule has 94 valence electrons. The van der Waals surface area contributed by atoms with Gasteiger partial charge >= 0.3 is 12.3 Å². The fourth-order valence-electron chi connectivity index (χ4n) is 1.40. The van der Waals surface area contributed by atoms with Gasteiger partial charge in [0.2, 0.25) is 0 Å². The molecular weight excluding hydrogens is 323 g/mol. The van der Waals surface area contributed by atoms with Crippen LogP contribution in [0.5, 0.6) is 0 Å². The van der Waals surface area contributed by atoms with Gasteiger partial charge in [-0.15, -0.1) is 11.3 Å². The lowest BCUT2D eigenvalue weighted by atomic mass is 10.3. The lowest BCUT2D eigenvalue weighted by Crippen LogP contribution is -2.23. The van der Waals surface area contributed by atoms with Crippen molar-refractivity contribution in [1.29, 1.82) is 0 Å². The number of rotatable bonds is 2. The van der Waals surface area contributed by atoms with Gasteiger partial charge in [0.15, 0.2) is 0 Å². The Morgan fingerprint density at radius 1 is 1.59 bits per heavy atom. The molecule has 1 aliphatic heterocycles. The van der Waals surface area contributed by atoms with E-state index in [2.05, 4.69) is 15.9 Å². The minimum absolute atomic E-state index is 0.255. The number of hydrogen-bond acceptors (Lipinski definition) is 3. The molecule has 2 rings (SSSR count). The molecular formula is C9H7BrF3NO2S. The van der Waals surface area contributed by atoms with Crippen LogP contribution in [0, 0.1) is 0 Å². The van der Waals surface area contributed by atoms with E-state index in [0.717, 1.165) is 22.8 Å². The summed E-state index contributed by atoms with van der Waals surface area (Å²) in [7, 11) is 0. The van der Waals surface area contributed by atoms with Crippen molar-refractivity contribution in [1.82, 2.24) is 0 Å². The highest BCUT2D eigenvalue weighted by atomic mass is 79.9. The van der Waals surface area contributed by atoms with Gasteiger partial charge in [-0.25, -0.2) is 4.79 Å². The van der Waals surface area contributed by atoms with Crippen LogP contribution >= 0.6 is 27.3 Å². The summed E-state index contributed by atoms with van der Waals surface area (Å²) in [6, 6.07) is 0.961. The Hall–Kier alpha value is -0.760. The number of halogens is 4. The van der Waals surface area contributed by atoms with Gasteiger partial charge in [0.05, 0.1) is 12.1 Å². The average molecular weight is 330 g/mol. The first-order valence-electron chi connectivity index (χ1n) is 4.61. The SMILES string of the molecule is O=C1OC(CBr)CN1c1cc(C(F)(F)F)cs1. The quantitative estimate of drug-likeness (QED) is 0.777. The van der Waals surface area contributed by atoms with Gasteiger partial charge in [0.25, 0.3) is 0 Å². The highest BCUT2D eigenvalue weighted by molar-refractivity contribution is 9.09. The van der Waals surface area contributed by atoms with Gasteiger partial charge in [-0.1, -0.05) is 15.9 Å². The van der Waals surface area contributed by atoms with Crippen LogP contribution < -0.4 is 4.90 Å². The third kappa shape index (κ3) is 2.57. The highest BCUT2D eigenvalue weighted by Crippen LogP contribution is 2.37. The van der Waals surface area contributed by atoms with Crippen LogP contribution in [0.15, 0.2) is 11.4 Å². The van der Waals surface area contributed by atoms with E-state index >= 15 is 0 Å². The number of alkyl halides is 4. The van der Waals surface area contributed by atoms with Crippen LogP contribution in [0.25, 0.3) is 0 Å². The summed E-state index contributed by atoms with van der Waals surface area (Å²) in [4.78, 5) is 12.6. The first kappa shape index (κ1) is 12.7. The van der Waals surface area contributed by atoms with Crippen molar-refractivity contribution in [3.05, 3.63) is 17.0 Å². The van der Waals surface area contributed by atoms with E-state index in [4.69, 9.17) is 4.74 Å². The number of hydrogen-bond donors (Lipinski definition) is 0. The van der Waals surface area contributed by atoms with E-state index in [1.165, 1.54) is 4.90 Å². The van der Waals surface area contributed by atoms with Crippen LogP contribution in [0.3, 0.4) is 0 Å². The molecule has 17 heavy (non-hydrogen) atoms. The van der Waals surface area contributed by atoms with Gasteiger partial charge in [0, 0.05) is 10.7 Å². The second-order valence-electron chi connectivity index (χ2n) is 3.44. The second-order valence-corrected chi connectivity index (χ2v) is 4.98. The van der Waals surface area contributed by atoms with Gasteiger partial charge in [-0.3, -0.25) is 4.90 Å². The van der Waals surface area contributed by atoms with Crippen molar-refractivity contribution in [3.63, 3.8) is 0 Å². The summed E-state index contributed by atoms with van der Waals surface area (Å²) in [5.74, 6) is 0. The third-order valence-corrected chi connectivity index (χ3v) is 3.90. The number of anilines is 1. The molecule has 0 radical (unpaired) electrons. The molecule has 0 saturated carbocycles. The molecule has 1 aromatic rings. The number of ether oxygens (including phenoxy) is 1. The molecule has 1 unspecified atom stereocenters. The summed E-state index contributed by atoms with van der Waals surface area (Å²) >= 11 is 4.04. The second kappa shape index (κ2) is 4.49. The van der Waals surface area contributed by atoms with Crippen molar-refractivity contribution in [3.8, 4) is 0 Å². The molecule has 1 amide bonds. The summed E-state index contributed by atoms with van der Waals surface area (Å²) in [5, 5.41) is 1.71. The first-order valence-corrected chi connectivity index (χ1v) is 6.62. The van der Waals surface area contributed by atoms with Gasteiger partial charge in [-0.05, 0) is 6.07 Å². The minimum atomic E-state index is -4.38. The molecule has 3 nitrogen and oxygen atoms in total. The topological polar surface area (TPSA) is 29.5 Å². The standard InChI is InChI=1S/C9H7BrF3NO2S/c10-2-6-3-14(8(15)16-6)7-1-5(4-17-7)9(11,12)13/h1,4,6H,2-3H2. The molecule has 1 atom stereocenters. The molecule has 0 aliphatic carbocycles. The maximum atomic E-state index is 12.4. The number of nitrogens with zero attached hydrogens (tertiary/aromatic N) is 1. The van der Waals surface area contributed by atoms with Gasteiger partial charge < -0.3 is 4.74 Å². The van der Waals surface area contributed by atoms with E-state index in [0.29, 0.717) is 5.33 Å². The average Bonchev–Trinajstić information content (AvgIpc) is 2.82. The molecule has 1 saturated heterocycles. The summed E-state index contributed by atoms with van der Waals surface area (Å²) in [5.41, 5.74) is -0.743. The largest absolute Gasteiger partial charge is 0.443 e. The Bertz CT molecular complexity index is 434. The van der Waals surface area contributed by atoms with E-state index < -0.39 is 17.8 Å². The lowest BCUT2D eigenvalue weighted by Gasteiger charge is -2.09. The van der Waals surface area contributed by atoms with Gasteiger partial charge in [0.1, 0.15) is 11.1 Å². The molecule has 0 spiro atoms. The predicted octanol–water partition coefficient (Wildman–Crippen LogP) is 3.49. The Labute approximate surface area is 107 Å². The van der Waals surface area contributed by atoms with Crippen LogP contribution in [0.4, 0.5) is 23.0 Å². The zero-order valence-corrected chi connectivity index (χ0v) is 10.7. The Balaban J connectivity index is 2.19. The van der Waals surface area contributed by atoms with Crippen LogP contribution in [-0.2, 0) is 10.9 Å². The number of amides is 1. The number of carbonyl (C=O) groups excluding carboxylic acids is 1. The van der Waals surface area contributed by atoms with Crippen molar-refractivity contribution in [2.24, 2.45) is 0 Å². The Morgan fingerprint density at radius 3 is 2.76 bits per heavy atom. The zero-order valence-electron chi connectivity index (χ0n) is 8.33. The van der Waals surface area contributed by atoms with Crippen molar-refractivity contribution < 1.29 is 22.7 Å². The normalized spacial score (nSPS) is 20.8. The molecule has 1 aromatic heterocycles. The molecule has 2 heterocycles. The summed E-state index contributed by atoms with van der Waals surface area (Å²) in [6.45, 7) is 0.266.